The molecule has 7 nitrogen and oxygen atoms in total. The number of non-ortho nitro benzene ring substituents is 1. The van der Waals surface area contributed by atoms with Crippen molar-refractivity contribution in [3.63, 3.8) is 0 Å². The third kappa shape index (κ3) is 4.04. The van der Waals surface area contributed by atoms with Crippen LogP contribution in [-0.2, 0) is 29.7 Å². The van der Waals surface area contributed by atoms with Gasteiger partial charge in [-0.3, -0.25) is 10.1 Å². The van der Waals surface area contributed by atoms with Gasteiger partial charge in [-0.2, -0.15) is 0 Å². The van der Waals surface area contributed by atoms with Gasteiger partial charge in [-0.25, -0.2) is 13.1 Å². The second kappa shape index (κ2) is 7.71. The van der Waals surface area contributed by atoms with Gasteiger partial charge in [-0.05, 0) is 41.7 Å². The van der Waals surface area contributed by atoms with Crippen LogP contribution in [0.5, 0.6) is 0 Å². The number of nitrogens with one attached hydrogen (secondary N) is 2. The molecule has 3 rings (SSSR count). The smallest absolute Gasteiger partial charge is 0.271 e. The van der Waals surface area contributed by atoms with E-state index < -0.39 is 14.9 Å². The maximum Gasteiger partial charge on any atom is 0.271 e. The Morgan fingerprint density at radius 3 is 2.54 bits per heavy atom. The van der Waals surface area contributed by atoms with Crippen molar-refractivity contribution in [1.29, 1.82) is 0 Å². The normalized spacial score (nSPS) is 13.2. The minimum Gasteiger partial charge on any atom is -0.309 e. The number of nitrogens with zero attached hydrogens (tertiary/aromatic N) is 1. The van der Waals surface area contributed by atoms with Gasteiger partial charge in [0.1, 0.15) is 0 Å². The summed E-state index contributed by atoms with van der Waals surface area (Å²) in [5, 5.41) is 14.3. The highest BCUT2D eigenvalue weighted by Gasteiger charge is 2.22. The zero-order chi connectivity index (χ0) is 18.2. The molecule has 2 aromatic carbocycles. The molecule has 1 heterocycles. The monoisotopic (exact) mass is 397 g/mol. The summed E-state index contributed by atoms with van der Waals surface area (Å²) < 4.78 is 27.8. The number of rotatable bonds is 5. The minimum atomic E-state index is -3.85. The van der Waals surface area contributed by atoms with Gasteiger partial charge < -0.3 is 5.32 Å². The first-order valence-corrected chi connectivity index (χ1v) is 9.33. The van der Waals surface area contributed by atoms with E-state index >= 15 is 0 Å². The molecule has 0 aliphatic carbocycles. The molecule has 0 bridgehead atoms. The molecule has 26 heavy (non-hydrogen) atoms. The summed E-state index contributed by atoms with van der Waals surface area (Å²) >= 11 is 0. The van der Waals surface area contributed by atoms with Crippen LogP contribution in [0.4, 0.5) is 5.69 Å². The van der Waals surface area contributed by atoms with Gasteiger partial charge in [0.2, 0.25) is 10.0 Å². The molecule has 0 aromatic heterocycles. The van der Waals surface area contributed by atoms with Crippen molar-refractivity contribution in [1.82, 2.24) is 10.0 Å². The molecule has 0 unspecified atom stereocenters. The Hall–Kier alpha value is -2.00. The lowest BCUT2D eigenvalue weighted by molar-refractivity contribution is -0.385. The second-order valence-corrected chi connectivity index (χ2v) is 7.91. The highest BCUT2D eigenvalue weighted by molar-refractivity contribution is 7.89. The predicted octanol–water partition coefficient (Wildman–Crippen LogP) is 2.72. The molecule has 0 saturated heterocycles. The van der Waals surface area contributed by atoms with Crippen molar-refractivity contribution in [3.05, 3.63) is 68.3 Å². The van der Waals surface area contributed by atoms with Crippen LogP contribution in [0.1, 0.15) is 27.8 Å². The molecule has 2 N–H and O–H groups in total. The Morgan fingerprint density at radius 2 is 1.85 bits per heavy atom. The van der Waals surface area contributed by atoms with Crippen LogP contribution in [0, 0.1) is 24.0 Å². The maximum absolute atomic E-state index is 12.6. The molecule has 0 saturated carbocycles. The van der Waals surface area contributed by atoms with E-state index in [1.165, 1.54) is 17.2 Å². The van der Waals surface area contributed by atoms with Gasteiger partial charge in [0.25, 0.3) is 5.69 Å². The summed E-state index contributed by atoms with van der Waals surface area (Å²) in [7, 11) is -3.85. The Kier molecular flexibility index (Phi) is 6.02. The number of nitro groups is 1. The van der Waals surface area contributed by atoms with Crippen LogP contribution in [0.25, 0.3) is 0 Å². The zero-order valence-corrected chi connectivity index (χ0v) is 16.0. The van der Waals surface area contributed by atoms with Gasteiger partial charge in [-0.1, -0.05) is 18.2 Å². The van der Waals surface area contributed by atoms with Crippen LogP contribution in [0.15, 0.2) is 35.2 Å². The van der Waals surface area contributed by atoms with E-state index in [2.05, 4.69) is 10.0 Å². The van der Waals surface area contributed by atoms with E-state index in [1.807, 2.05) is 18.2 Å². The summed E-state index contributed by atoms with van der Waals surface area (Å²) in [5.41, 5.74) is 4.09. The third-order valence-electron chi connectivity index (χ3n) is 4.47. The van der Waals surface area contributed by atoms with Crippen molar-refractivity contribution < 1.29 is 13.3 Å². The number of halogens is 1. The minimum absolute atomic E-state index is 0. The molecule has 9 heteroatoms. The lowest BCUT2D eigenvalue weighted by Crippen LogP contribution is -2.24. The van der Waals surface area contributed by atoms with Gasteiger partial charge >= 0.3 is 0 Å². The average molecular weight is 398 g/mol. The standard InChI is InChI=1S/C17H19N3O4S.ClH/c1-11-5-16(20(21)22)7-17(12(11)2)25(23,24)19-8-13-3-4-14-9-18-10-15(14)6-13;/h3-7,18-19H,8-10H2,1-2H3;1H. The summed E-state index contributed by atoms with van der Waals surface area (Å²) in [4.78, 5) is 10.4. The van der Waals surface area contributed by atoms with Crippen molar-refractivity contribution in [2.75, 3.05) is 0 Å². The summed E-state index contributed by atoms with van der Waals surface area (Å²) in [6, 6.07) is 8.34. The number of sulfonamides is 1. The first-order valence-electron chi connectivity index (χ1n) is 7.84. The van der Waals surface area contributed by atoms with Crippen LogP contribution in [-0.4, -0.2) is 13.3 Å². The Balaban J connectivity index is 0.00000243. The Morgan fingerprint density at radius 1 is 1.15 bits per heavy atom. The number of fused-ring (bicyclic) bond motifs is 1. The fourth-order valence-electron chi connectivity index (χ4n) is 2.91. The van der Waals surface area contributed by atoms with Crippen molar-refractivity contribution in [2.24, 2.45) is 0 Å². The fourth-order valence-corrected chi connectivity index (χ4v) is 4.26. The van der Waals surface area contributed by atoms with E-state index in [-0.39, 0.29) is 29.5 Å². The molecular formula is C17H20ClN3O4S. The fraction of sp³-hybridized carbons (Fsp3) is 0.294. The van der Waals surface area contributed by atoms with Crippen LogP contribution in [0.2, 0.25) is 0 Å². The van der Waals surface area contributed by atoms with Gasteiger partial charge in [0.05, 0.1) is 9.82 Å². The molecule has 1 aliphatic rings. The zero-order valence-electron chi connectivity index (χ0n) is 14.4. The largest absolute Gasteiger partial charge is 0.309 e. The van der Waals surface area contributed by atoms with E-state index in [9.17, 15) is 18.5 Å². The van der Waals surface area contributed by atoms with E-state index in [1.54, 1.807) is 13.8 Å². The molecular weight excluding hydrogens is 378 g/mol. The first-order chi connectivity index (χ1) is 11.8. The molecule has 0 fully saturated rings. The third-order valence-corrected chi connectivity index (χ3v) is 6.00. The van der Waals surface area contributed by atoms with Crippen molar-refractivity contribution in [3.8, 4) is 0 Å². The average Bonchev–Trinajstić information content (AvgIpc) is 3.02. The number of aryl methyl sites for hydroxylation is 1. The van der Waals surface area contributed by atoms with E-state index in [0.29, 0.717) is 11.1 Å². The molecule has 0 radical (unpaired) electrons. The van der Waals surface area contributed by atoms with Crippen LogP contribution < -0.4 is 10.0 Å². The van der Waals surface area contributed by atoms with Crippen molar-refractivity contribution >= 4 is 28.1 Å². The number of hydrogen-bond donors (Lipinski definition) is 2. The highest BCUT2D eigenvalue weighted by Crippen LogP contribution is 2.25. The van der Waals surface area contributed by atoms with E-state index in [0.717, 1.165) is 24.7 Å². The molecule has 0 amide bonds. The van der Waals surface area contributed by atoms with E-state index in [4.69, 9.17) is 0 Å². The number of nitro benzene ring substituents is 1. The van der Waals surface area contributed by atoms with Crippen LogP contribution in [0.3, 0.4) is 0 Å². The lowest BCUT2D eigenvalue weighted by Gasteiger charge is -2.12. The molecule has 0 atom stereocenters. The molecule has 2 aromatic rings. The summed E-state index contributed by atoms with van der Waals surface area (Å²) in [6.07, 6.45) is 0. The number of hydrogen-bond acceptors (Lipinski definition) is 5. The molecule has 0 spiro atoms. The lowest BCUT2D eigenvalue weighted by atomic mass is 10.1. The first kappa shape index (κ1) is 20.3. The summed E-state index contributed by atoms with van der Waals surface area (Å²) in [5.74, 6) is 0. The Bertz CT molecular complexity index is 961. The van der Waals surface area contributed by atoms with Crippen molar-refractivity contribution in [2.45, 2.75) is 38.4 Å². The molecule has 1 aliphatic heterocycles. The summed E-state index contributed by atoms with van der Waals surface area (Å²) in [6.45, 7) is 5.05. The SMILES string of the molecule is Cc1cc([N+](=O)[O-])cc(S(=O)(=O)NCc2ccc3c(c2)CNC3)c1C.Cl. The second-order valence-electron chi connectivity index (χ2n) is 6.17. The van der Waals surface area contributed by atoms with Crippen LogP contribution >= 0.6 is 12.4 Å². The maximum atomic E-state index is 12.6. The number of benzene rings is 2. The quantitative estimate of drug-likeness (QED) is 0.596. The van der Waals surface area contributed by atoms with Gasteiger partial charge in [0, 0.05) is 31.8 Å². The Labute approximate surface area is 158 Å². The van der Waals surface area contributed by atoms with Gasteiger partial charge in [0.15, 0.2) is 0 Å². The topological polar surface area (TPSA) is 101 Å². The highest BCUT2D eigenvalue weighted by atomic mass is 35.5. The predicted molar refractivity (Wildman–Crippen MR) is 101 cm³/mol. The van der Waals surface area contributed by atoms with Gasteiger partial charge in [-0.15, -0.1) is 12.4 Å². The molecule has 140 valence electrons.